The third-order valence-corrected chi connectivity index (χ3v) is 5.02. The fraction of sp³-hybridized carbons (Fsp3) is 0.300. The van der Waals surface area contributed by atoms with Crippen LogP contribution in [0.25, 0.3) is 10.9 Å². The number of nitrogens with one attached hydrogen (secondary N) is 1. The number of rotatable bonds is 5. The van der Waals surface area contributed by atoms with Gasteiger partial charge in [-0.05, 0) is 54.3 Å². The number of hydrogen-bond donors (Lipinski definition) is 1. The fourth-order valence-electron chi connectivity index (χ4n) is 3.46. The Hall–Kier alpha value is -3.17. The van der Waals surface area contributed by atoms with Gasteiger partial charge in [-0.25, -0.2) is 4.68 Å². The molecule has 5 nitrogen and oxygen atoms in total. The number of carbonyl (C=O) groups is 1. The molecular weight excluding hydrogens is 409 g/mol. The molecule has 1 saturated carbocycles. The molecule has 1 aliphatic rings. The van der Waals surface area contributed by atoms with Crippen molar-refractivity contribution in [3.05, 3.63) is 53.7 Å². The maximum Gasteiger partial charge on any atom is 0.416 e. The van der Waals surface area contributed by atoms with E-state index in [-0.39, 0.29) is 29.2 Å². The molecule has 0 spiro atoms. The Morgan fingerprint density at radius 2 is 1.90 bits per heavy atom. The minimum atomic E-state index is -4.46. The number of amides is 1. The smallest absolute Gasteiger partial charge is 0.416 e. The lowest BCUT2D eigenvalue weighted by molar-refractivity contribution is -0.137. The first-order valence-corrected chi connectivity index (χ1v) is 9.05. The number of fused-ring (bicyclic) bond motifs is 1. The fourth-order valence-corrected chi connectivity index (χ4v) is 3.46. The van der Waals surface area contributed by atoms with Crippen LogP contribution < -0.4 is 10.1 Å². The lowest BCUT2D eigenvalue weighted by Gasteiger charge is -2.11. The van der Waals surface area contributed by atoms with Crippen molar-refractivity contribution in [2.24, 2.45) is 5.92 Å². The molecule has 0 aliphatic heterocycles. The van der Waals surface area contributed by atoms with Gasteiger partial charge in [0.25, 0.3) is 0 Å². The first-order valence-electron chi connectivity index (χ1n) is 9.05. The minimum Gasteiger partial charge on any atom is -0.457 e. The topological polar surface area (TPSA) is 56.1 Å². The van der Waals surface area contributed by atoms with Crippen molar-refractivity contribution in [2.75, 3.05) is 7.05 Å². The van der Waals surface area contributed by atoms with E-state index in [0.717, 1.165) is 12.1 Å². The van der Waals surface area contributed by atoms with Crippen molar-refractivity contribution in [1.82, 2.24) is 15.1 Å². The number of nitrogens with zero attached hydrogens (tertiary/aromatic N) is 2. The Balaban J connectivity index is 1.69. The zero-order valence-electron chi connectivity index (χ0n) is 15.6. The van der Waals surface area contributed by atoms with Crippen LogP contribution in [0.15, 0.2) is 42.6 Å². The van der Waals surface area contributed by atoms with Gasteiger partial charge in [-0.15, -0.1) is 0 Å². The molecule has 1 heterocycles. The molecule has 158 valence electrons. The quantitative estimate of drug-likeness (QED) is 0.580. The van der Waals surface area contributed by atoms with Gasteiger partial charge in [0.15, 0.2) is 0 Å². The predicted molar refractivity (Wildman–Crippen MR) is 97.4 cm³/mol. The molecule has 0 bridgehead atoms. The molecule has 1 amide bonds. The molecule has 1 aliphatic carbocycles. The number of alkyl halides is 5. The second kappa shape index (κ2) is 7.26. The molecule has 30 heavy (non-hydrogen) atoms. The van der Waals surface area contributed by atoms with E-state index in [1.54, 1.807) is 6.07 Å². The van der Waals surface area contributed by atoms with E-state index in [4.69, 9.17) is 4.74 Å². The van der Waals surface area contributed by atoms with Gasteiger partial charge in [0.2, 0.25) is 5.91 Å². The maximum atomic E-state index is 13.1. The van der Waals surface area contributed by atoms with Crippen molar-refractivity contribution in [2.45, 2.75) is 25.1 Å². The molecule has 4 rings (SSSR count). The summed E-state index contributed by atoms with van der Waals surface area (Å²) in [4.78, 5) is 11.9. The highest BCUT2D eigenvalue weighted by Gasteiger charge is 2.45. The monoisotopic (exact) mass is 425 g/mol. The number of ether oxygens (including phenoxy) is 1. The van der Waals surface area contributed by atoms with Crippen LogP contribution in [0, 0.1) is 5.92 Å². The van der Waals surface area contributed by atoms with Gasteiger partial charge in [0, 0.05) is 24.5 Å². The van der Waals surface area contributed by atoms with Gasteiger partial charge in [0.1, 0.15) is 11.5 Å². The summed E-state index contributed by atoms with van der Waals surface area (Å²) in [6, 6.07) is 7.23. The third kappa shape index (κ3) is 3.81. The average molecular weight is 425 g/mol. The molecule has 0 unspecified atom stereocenters. The first kappa shape index (κ1) is 20.1. The highest BCUT2D eigenvalue weighted by molar-refractivity contribution is 5.88. The van der Waals surface area contributed by atoms with Crippen LogP contribution in [-0.2, 0) is 11.0 Å². The van der Waals surface area contributed by atoms with Crippen molar-refractivity contribution >= 4 is 16.8 Å². The predicted octanol–water partition coefficient (Wildman–Crippen LogP) is 5.09. The molecule has 0 saturated heterocycles. The van der Waals surface area contributed by atoms with E-state index < -0.39 is 18.3 Å². The molecule has 0 radical (unpaired) electrons. The summed E-state index contributed by atoms with van der Waals surface area (Å²) in [5.74, 6) is -0.238. The lowest BCUT2D eigenvalue weighted by Crippen LogP contribution is -2.20. The summed E-state index contributed by atoms with van der Waals surface area (Å²) in [6.07, 6.45) is -2.75. The van der Waals surface area contributed by atoms with E-state index in [1.165, 1.54) is 31.4 Å². The van der Waals surface area contributed by atoms with Crippen LogP contribution in [0.3, 0.4) is 0 Å². The van der Waals surface area contributed by atoms with Crippen LogP contribution in [0.5, 0.6) is 11.5 Å². The van der Waals surface area contributed by atoms with E-state index in [9.17, 15) is 26.7 Å². The summed E-state index contributed by atoms with van der Waals surface area (Å²) in [5, 5.41) is 6.88. The molecule has 1 aromatic heterocycles. The van der Waals surface area contributed by atoms with Crippen molar-refractivity contribution in [3.63, 3.8) is 0 Å². The standard InChI is InChI=1S/C20H16F5N3O2/c1-26-18(29)16-8-14(16)15-7-13(6-10-9-28(19(21)22)27-17(10)15)30-12-4-2-11(3-5-12)20(23,24)25/h2-7,9,14,16,19H,8H2,1H3,(H,26,29)/t14-,16+/m0/s1. The number of hydrogen-bond acceptors (Lipinski definition) is 3. The van der Waals surface area contributed by atoms with E-state index >= 15 is 0 Å². The lowest BCUT2D eigenvalue weighted by atomic mass is 10.0. The second-order valence-electron chi connectivity index (χ2n) is 7.02. The van der Waals surface area contributed by atoms with Gasteiger partial charge in [0.05, 0.1) is 11.1 Å². The highest BCUT2D eigenvalue weighted by Crippen LogP contribution is 2.50. The summed E-state index contributed by atoms with van der Waals surface area (Å²) in [7, 11) is 1.52. The van der Waals surface area contributed by atoms with Crippen LogP contribution in [0.2, 0.25) is 0 Å². The van der Waals surface area contributed by atoms with Crippen LogP contribution >= 0.6 is 0 Å². The van der Waals surface area contributed by atoms with Gasteiger partial charge in [-0.1, -0.05) is 0 Å². The van der Waals surface area contributed by atoms with E-state index in [2.05, 4.69) is 10.4 Å². The maximum absolute atomic E-state index is 13.1. The summed E-state index contributed by atoms with van der Waals surface area (Å²) in [6.45, 7) is -2.83. The average Bonchev–Trinajstić information content (AvgIpc) is 3.37. The third-order valence-electron chi connectivity index (χ3n) is 5.02. The van der Waals surface area contributed by atoms with Crippen LogP contribution in [-0.4, -0.2) is 22.7 Å². The zero-order chi connectivity index (χ0) is 21.6. The Morgan fingerprint density at radius 3 is 2.50 bits per heavy atom. The Labute approximate surface area is 167 Å². The number of aromatic nitrogens is 2. The summed E-state index contributed by atoms with van der Waals surface area (Å²) in [5.41, 5.74) is 0.115. The Bertz CT molecular complexity index is 1090. The largest absolute Gasteiger partial charge is 0.457 e. The zero-order valence-corrected chi connectivity index (χ0v) is 15.6. The Kier molecular flexibility index (Phi) is 4.87. The summed E-state index contributed by atoms with van der Waals surface area (Å²) < 4.78 is 70.6. The van der Waals surface area contributed by atoms with Gasteiger partial charge in [-0.3, -0.25) is 4.79 Å². The SMILES string of the molecule is CNC(=O)[C@@H]1C[C@H]1c1cc(Oc2ccc(C(F)(F)F)cc2)cc2cn(C(F)F)nc12. The highest BCUT2D eigenvalue weighted by atomic mass is 19.4. The number of benzene rings is 2. The van der Waals surface area contributed by atoms with Crippen molar-refractivity contribution in [1.29, 1.82) is 0 Å². The van der Waals surface area contributed by atoms with Gasteiger partial charge in [-0.2, -0.15) is 27.1 Å². The molecule has 1 N–H and O–H groups in total. The van der Waals surface area contributed by atoms with E-state index in [1.807, 2.05) is 0 Å². The van der Waals surface area contributed by atoms with Gasteiger partial charge < -0.3 is 10.1 Å². The van der Waals surface area contributed by atoms with Gasteiger partial charge >= 0.3 is 12.7 Å². The van der Waals surface area contributed by atoms with E-state index in [0.29, 0.717) is 27.6 Å². The van der Waals surface area contributed by atoms with Crippen LogP contribution in [0.4, 0.5) is 22.0 Å². The number of carbonyl (C=O) groups excluding carboxylic acids is 1. The normalized spacial score (nSPS) is 18.6. The summed E-state index contributed by atoms with van der Waals surface area (Å²) >= 11 is 0. The van der Waals surface area contributed by atoms with Crippen molar-refractivity contribution in [3.8, 4) is 11.5 Å². The Morgan fingerprint density at radius 1 is 1.20 bits per heavy atom. The second-order valence-corrected chi connectivity index (χ2v) is 7.02. The number of halogens is 5. The molecule has 1 fully saturated rings. The van der Waals surface area contributed by atoms with Crippen LogP contribution in [0.1, 0.15) is 30.0 Å². The molecule has 3 aromatic rings. The molecule has 2 atom stereocenters. The first-order chi connectivity index (χ1) is 14.2. The minimum absolute atomic E-state index is 0.157. The molecular formula is C20H16F5N3O2. The molecule has 2 aromatic carbocycles. The molecule has 10 heteroatoms. The van der Waals surface area contributed by atoms with Crippen molar-refractivity contribution < 1.29 is 31.5 Å².